The van der Waals surface area contributed by atoms with E-state index >= 15 is 0 Å². The molecule has 2 N–H and O–H groups in total. The van der Waals surface area contributed by atoms with Crippen LogP contribution in [0.5, 0.6) is 11.5 Å². The number of para-hydroxylation sites is 1. The lowest BCUT2D eigenvalue weighted by Crippen LogP contribution is -2.33. The number of hydrogen-bond donors (Lipinski definition) is 2. The number of carbonyl (C=O) groups is 2. The van der Waals surface area contributed by atoms with Gasteiger partial charge in [0.25, 0.3) is 5.91 Å². The fourth-order valence-electron chi connectivity index (χ4n) is 3.26. The summed E-state index contributed by atoms with van der Waals surface area (Å²) in [6.07, 6.45) is 0. The highest BCUT2D eigenvalue weighted by Crippen LogP contribution is 2.34. The van der Waals surface area contributed by atoms with Crippen LogP contribution in [0.2, 0.25) is 0 Å². The Labute approximate surface area is 184 Å². The van der Waals surface area contributed by atoms with E-state index in [-0.39, 0.29) is 25.2 Å². The number of amides is 2. The second-order valence-corrected chi connectivity index (χ2v) is 8.03. The molecule has 0 aliphatic carbocycles. The predicted octanol–water partition coefficient (Wildman–Crippen LogP) is 4.19. The van der Waals surface area contributed by atoms with E-state index in [1.807, 2.05) is 18.4 Å². The molecule has 4 rings (SSSR count). The smallest absolute Gasteiger partial charge is 0.257 e. The van der Waals surface area contributed by atoms with Crippen molar-refractivity contribution in [1.82, 2.24) is 4.90 Å². The van der Waals surface area contributed by atoms with Gasteiger partial charge in [-0.05, 0) is 42.3 Å². The average Bonchev–Trinajstić information content (AvgIpc) is 3.45. The summed E-state index contributed by atoms with van der Waals surface area (Å²) in [5, 5.41) is 7.76. The minimum atomic E-state index is -0.319. The third-order valence-electron chi connectivity index (χ3n) is 4.85. The molecule has 2 heterocycles. The van der Waals surface area contributed by atoms with Crippen molar-refractivity contribution in [3.8, 4) is 11.5 Å². The lowest BCUT2D eigenvalue weighted by molar-refractivity contribution is -0.117. The number of nitrogens with zero attached hydrogens (tertiary/aromatic N) is 1. The maximum Gasteiger partial charge on any atom is 0.257 e. The average molecular weight is 438 g/mol. The topological polar surface area (TPSA) is 79.9 Å². The van der Waals surface area contributed by atoms with E-state index in [1.165, 1.54) is 4.88 Å². The van der Waals surface area contributed by atoms with Gasteiger partial charge in [-0.25, -0.2) is 0 Å². The molecule has 0 unspecified atom stereocenters. The monoisotopic (exact) mass is 437 g/mol. The van der Waals surface area contributed by atoms with Gasteiger partial charge in [-0.3, -0.25) is 14.5 Å². The molecular weight excluding hydrogens is 414 g/mol. The second-order valence-electron chi connectivity index (χ2n) is 7.00. The minimum Gasteiger partial charge on any atom is -0.454 e. The first-order valence-corrected chi connectivity index (χ1v) is 10.8. The summed E-state index contributed by atoms with van der Waals surface area (Å²) in [5.74, 6) is 0.751. The number of benzene rings is 2. The fourth-order valence-corrected chi connectivity index (χ4v) is 4.00. The first-order valence-electron chi connectivity index (χ1n) is 9.97. The highest BCUT2D eigenvalue weighted by atomic mass is 32.1. The van der Waals surface area contributed by atoms with Gasteiger partial charge in [-0.2, -0.15) is 0 Å². The van der Waals surface area contributed by atoms with Crippen LogP contribution in [0, 0.1) is 0 Å². The molecule has 0 saturated heterocycles. The largest absolute Gasteiger partial charge is 0.454 e. The van der Waals surface area contributed by atoms with Crippen molar-refractivity contribution in [2.75, 3.05) is 30.5 Å². The van der Waals surface area contributed by atoms with E-state index in [2.05, 4.69) is 21.6 Å². The molecule has 2 aromatic carbocycles. The van der Waals surface area contributed by atoms with Gasteiger partial charge in [0.1, 0.15) is 0 Å². The number of carbonyl (C=O) groups excluding carboxylic acids is 2. The van der Waals surface area contributed by atoms with Crippen molar-refractivity contribution in [2.45, 2.75) is 13.5 Å². The Kier molecular flexibility index (Phi) is 6.49. The summed E-state index contributed by atoms with van der Waals surface area (Å²) in [6.45, 7) is 3.90. The number of likely N-dealkylation sites (N-methyl/N-ethyl adjacent to an activating group) is 1. The standard InChI is InChI=1S/C23H23N3O4S/c1-2-26(13-17-6-5-11-31-17)14-22(27)25-19-8-4-3-7-18(19)23(28)24-16-9-10-20-21(12-16)30-15-29-20/h3-12H,2,13-15H2,1H3,(H,24,28)(H,25,27). The van der Waals surface area contributed by atoms with Crippen LogP contribution in [-0.2, 0) is 11.3 Å². The van der Waals surface area contributed by atoms with Crippen molar-refractivity contribution in [3.05, 3.63) is 70.4 Å². The summed E-state index contributed by atoms with van der Waals surface area (Å²) < 4.78 is 10.6. The zero-order valence-corrected chi connectivity index (χ0v) is 17.9. The molecule has 0 spiro atoms. The summed E-state index contributed by atoms with van der Waals surface area (Å²) in [4.78, 5) is 28.8. The van der Waals surface area contributed by atoms with E-state index in [9.17, 15) is 9.59 Å². The highest BCUT2D eigenvalue weighted by molar-refractivity contribution is 7.09. The molecule has 7 nitrogen and oxygen atoms in total. The quantitative estimate of drug-likeness (QED) is 0.552. The minimum absolute atomic E-state index is 0.165. The van der Waals surface area contributed by atoms with Crippen molar-refractivity contribution < 1.29 is 19.1 Å². The van der Waals surface area contributed by atoms with Crippen LogP contribution in [0.4, 0.5) is 11.4 Å². The van der Waals surface area contributed by atoms with Crippen LogP contribution >= 0.6 is 11.3 Å². The van der Waals surface area contributed by atoms with E-state index in [4.69, 9.17) is 9.47 Å². The molecule has 31 heavy (non-hydrogen) atoms. The van der Waals surface area contributed by atoms with Crippen molar-refractivity contribution in [2.24, 2.45) is 0 Å². The molecule has 0 bridgehead atoms. The van der Waals surface area contributed by atoms with Gasteiger partial charge in [0.05, 0.1) is 17.8 Å². The third kappa shape index (κ3) is 5.22. The summed E-state index contributed by atoms with van der Waals surface area (Å²) >= 11 is 1.67. The normalized spacial score (nSPS) is 12.1. The summed E-state index contributed by atoms with van der Waals surface area (Å²) in [6, 6.07) is 16.2. The van der Waals surface area contributed by atoms with Gasteiger partial charge < -0.3 is 20.1 Å². The number of rotatable bonds is 8. The number of hydrogen-bond acceptors (Lipinski definition) is 6. The molecule has 1 aliphatic rings. The molecule has 8 heteroatoms. The van der Waals surface area contributed by atoms with Crippen molar-refractivity contribution >= 4 is 34.5 Å². The Balaban J connectivity index is 1.41. The number of fused-ring (bicyclic) bond motifs is 1. The zero-order chi connectivity index (χ0) is 21.6. The maximum absolute atomic E-state index is 12.9. The Morgan fingerprint density at radius 1 is 1.03 bits per heavy atom. The van der Waals surface area contributed by atoms with Gasteiger partial charge in [-0.1, -0.05) is 25.1 Å². The molecular formula is C23H23N3O4S. The predicted molar refractivity (Wildman–Crippen MR) is 121 cm³/mol. The van der Waals surface area contributed by atoms with E-state index in [0.717, 1.165) is 6.54 Å². The molecule has 3 aromatic rings. The summed E-state index contributed by atoms with van der Waals surface area (Å²) in [5.41, 5.74) is 1.44. The van der Waals surface area contributed by atoms with Gasteiger partial charge in [0.2, 0.25) is 12.7 Å². The zero-order valence-electron chi connectivity index (χ0n) is 17.1. The SMILES string of the molecule is CCN(CC(=O)Nc1ccccc1C(=O)Nc1ccc2c(c1)OCO2)Cc1cccs1. The Morgan fingerprint density at radius 3 is 2.68 bits per heavy atom. The van der Waals surface area contributed by atoms with Crippen molar-refractivity contribution in [1.29, 1.82) is 0 Å². The van der Waals surface area contributed by atoms with E-state index < -0.39 is 0 Å². The fraction of sp³-hybridized carbons (Fsp3) is 0.217. The lowest BCUT2D eigenvalue weighted by atomic mass is 10.1. The molecule has 0 fully saturated rings. The molecule has 0 saturated carbocycles. The van der Waals surface area contributed by atoms with Gasteiger partial charge in [0, 0.05) is 23.2 Å². The maximum atomic E-state index is 12.9. The second kappa shape index (κ2) is 9.63. The molecule has 160 valence electrons. The third-order valence-corrected chi connectivity index (χ3v) is 5.71. The van der Waals surface area contributed by atoms with Crippen LogP contribution in [0.15, 0.2) is 60.0 Å². The first kappa shape index (κ1) is 20.9. The molecule has 1 aromatic heterocycles. The van der Waals surface area contributed by atoms with Crippen LogP contribution in [0.3, 0.4) is 0 Å². The van der Waals surface area contributed by atoms with Gasteiger partial charge in [0.15, 0.2) is 11.5 Å². The van der Waals surface area contributed by atoms with Crippen LogP contribution in [0.25, 0.3) is 0 Å². The summed E-state index contributed by atoms with van der Waals surface area (Å²) in [7, 11) is 0. The Bertz CT molecular complexity index is 1070. The van der Waals surface area contributed by atoms with Crippen molar-refractivity contribution in [3.63, 3.8) is 0 Å². The van der Waals surface area contributed by atoms with E-state index in [0.29, 0.717) is 35.0 Å². The molecule has 0 radical (unpaired) electrons. The van der Waals surface area contributed by atoms with Crippen LogP contribution < -0.4 is 20.1 Å². The Morgan fingerprint density at radius 2 is 1.87 bits per heavy atom. The number of ether oxygens (including phenoxy) is 2. The van der Waals surface area contributed by atoms with Gasteiger partial charge >= 0.3 is 0 Å². The van der Waals surface area contributed by atoms with Gasteiger partial charge in [-0.15, -0.1) is 11.3 Å². The van der Waals surface area contributed by atoms with Crippen LogP contribution in [0.1, 0.15) is 22.2 Å². The first-order chi connectivity index (χ1) is 15.1. The van der Waals surface area contributed by atoms with E-state index in [1.54, 1.807) is 53.8 Å². The number of nitrogens with one attached hydrogen (secondary N) is 2. The number of anilines is 2. The molecule has 0 atom stereocenters. The van der Waals surface area contributed by atoms with Crippen LogP contribution in [-0.4, -0.2) is 36.6 Å². The Hall–Kier alpha value is -3.36. The number of thiophene rings is 1. The molecule has 2 amide bonds. The molecule has 1 aliphatic heterocycles. The highest BCUT2D eigenvalue weighted by Gasteiger charge is 2.18. The lowest BCUT2D eigenvalue weighted by Gasteiger charge is -2.19.